The summed E-state index contributed by atoms with van der Waals surface area (Å²) in [5.41, 5.74) is 5.41. The van der Waals surface area contributed by atoms with Crippen molar-refractivity contribution >= 4 is 5.91 Å². The van der Waals surface area contributed by atoms with Gasteiger partial charge in [0.05, 0.1) is 12.6 Å². The lowest BCUT2D eigenvalue weighted by Crippen LogP contribution is -2.42. The summed E-state index contributed by atoms with van der Waals surface area (Å²) in [4.78, 5) is 15.6. The lowest BCUT2D eigenvalue weighted by atomic mass is 9.82. The van der Waals surface area contributed by atoms with E-state index in [1.807, 2.05) is 19.0 Å². The topological polar surface area (TPSA) is 69.8 Å². The average Bonchev–Trinajstić information content (AvgIpc) is 2.23. The molecule has 1 amide bonds. The molecule has 0 spiro atoms. The molecule has 5 nitrogen and oxygen atoms in total. The number of aliphatic hydroxyl groups is 1. The van der Waals surface area contributed by atoms with Crippen LogP contribution >= 0.6 is 0 Å². The van der Waals surface area contributed by atoms with E-state index in [2.05, 4.69) is 0 Å². The molecule has 1 rings (SSSR count). The van der Waals surface area contributed by atoms with Gasteiger partial charge in [0, 0.05) is 20.1 Å². The first-order valence-corrected chi connectivity index (χ1v) is 6.33. The predicted octanol–water partition coefficient (Wildman–Crippen LogP) is -0.504. The fourth-order valence-corrected chi connectivity index (χ4v) is 2.16. The highest BCUT2D eigenvalue weighted by Gasteiger charge is 2.28. The number of amides is 1. The number of aliphatic hydroxyl groups excluding tert-OH is 1. The number of rotatable bonds is 7. The zero-order valence-corrected chi connectivity index (χ0v) is 10.9. The van der Waals surface area contributed by atoms with E-state index in [1.165, 1.54) is 0 Å². The second-order valence-corrected chi connectivity index (χ2v) is 5.15. The molecular formula is C12H25N3O2. The van der Waals surface area contributed by atoms with Crippen molar-refractivity contribution in [2.45, 2.75) is 25.4 Å². The van der Waals surface area contributed by atoms with Crippen molar-refractivity contribution in [3.63, 3.8) is 0 Å². The van der Waals surface area contributed by atoms with Gasteiger partial charge in [-0.05, 0) is 38.8 Å². The molecule has 1 fully saturated rings. The van der Waals surface area contributed by atoms with E-state index in [1.54, 1.807) is 4.90 Å². The van der Waals surface area contributed by atoms with Crippen LogP contribution in [0.1, 0.15) is 19.3 Å². The van der Waals surface area contributed by atoms with Gasteiger partial charge in [-0.3, -0.25) is 9.69 Å². The molecule has 0 saturated heterocycles. The van der Waals surface area contributed by atoms with Crippen molar-refractivity contribution in [2.75, 3.05) is 40.3 Å². The van der Waals surface area contributed by atoms with Crippen molar-refractivity contribution in [2.24, 2.45) is 11.7 Å². The molecule has 100 valence electrons. The highest BCUT2D eigenvalue weighted by Crippen LogP contribution is 2.27. The summed E-state index contributed by atoms with van der Waals surface area (Å²) in [6.07, 6.45) is 2.49. The minimum Gasteiger partial charge on any atom is -0.393 e. The minimum atomic E-state index is -0.115. The van der Waals surface area contributed by atoms with Crippen LogP contribution in [-0.4, -0.2) is 67.2 Å². The summed E-state index contributed by atoms with van der Waals surface area (Å²) in [7, 11) is 3.78. The van der Waals surface area contributed by atoms with Gasteiger partial charge in [-0.15, -0.1) is 0 Å². The first kappa shape index (κ1) is 14.4. The lowest BCUT2D eigenvalue weighted by Gasteiger charge is -2.34. The summed E-state index contributed by atoms with van der Waals surface area (Å²) < 4.78 is 0. The Bertz CT molecular complexity index is 242. The van der Waals surface area contributed by atoms with Gasteiger partial charge in [-0.2, -0.15) is 0 Å². The largest absolute Gasteiger partial charge is 0.393 e. The van der Waals surface area contributed by atoms with Gasteiger partial charge < -0.3 is 15.7 Å². The van der Waals surface area contributed by atoms with Crippen molar-refractivity contribution in [3.05, 3.63) is 0 Å². The van der Waals surface area contributed by atoms with Gasteiger partial charge in [0.1, 0.15) is 0 Å². The van der Waals surface area contributed by atoms with Gasteiger partial charge >= 0.3 is 0 Å². The number of carbonyl (C=O) groups excluding carboxylic acids is 1. The van der Waals surface area contributed by atoms with E-state index in [4.69, 9.17) is 5.73 Å². The Morgan fingerprint density at radius 2 is 2.06 bits per heavy atom. The molecule has 0 aromatic heterocycles. The monoisotopic (exact) mass is 243 g/mol. The molecule has 0 atom stereocenters. The van der Waals surface area contributed by atoms with E-state index >= 15 is 0 Å². The quantitative estimate of drug-likeness (QED) is 0.632. The summed E-state index contributed by atoms with van der Waals surface area (Å²) in [5, 5.41) is 9.19. The molecule has 0 aromatic carbocycles. The molecule has 0 heterocycles. The number of nitrogens with two attached hydrogens (primary N) is 1. The van der Waals surface area contributed by atoms with Gasteiger partial charge in [-0.25, -0.2) is 0 Å². The lowest BCUT2D eigenvalue weighted by molar-refractivity contribution is -0.131. The summed E-state index contributed by atoms with van der Waals surface area (Å²) >= 11 is 0. The Labute approximate surface area is 104 Å². The number of hydrogen-bond donors (Lipinski definition) is 2. The molecule has 0 radical (unpaired) electrons. The van der Waals surface area contributed by atoms with Crippen LogP contribution in [0.3, 0.4) is 0 Å². The van der Waals surface area contributed by atoms with Crippen LogP contribution in [-0.2, 0) is 4.79 Å². The Kier molecular flexibility index (Phi) is 5.88. The van der Waals surface area contributed by atoms with Gasteiger partial charge in [0.15, 0.2) is 0 Å². The summed E-state index contributed by atoms with van der Waals surface area (Å²) in [5.74, 6) is 0.693. The molecule has 0 unspecified atom stereocenters. The first-order chi connectivity index (χ1) is 8.02. The van der Waals surface area contributed by atoms with Crippen molar-refractivity contribution in [1.29, 1.82) is 0 Å². The van der Waals surface area contributed by atoms with Crippen LogP contribution in [0.25, 0.3) is 0 Å². The summed E-state index contributed by atoms with van der Waals surface area (Å²) in [6, 6.07) is 0. The Morgan fingerprint density at radius 3 is 2.59 bits per heavy atom. The second kappa shape index (κ2) is 6.93. The molecule has 0 aromatic rings. The van der Waals surface area contributed by atoms with Gasteiger partial charge in [0.25, 0.3) is 0 Å². The number of carbonyl (C=O) groups is 1. The molecule has 1 saturated carbocycles. The van der Waals surface area contributed by atoms with E-state index in [0.29, 0.717) is 19.0 Å². The Hall–Kier alpha value is -0.650. The average molecular weight is 243 g/mol. The van der Waals surface area contributed by atoms with Crippen LogP contribution in [0.2, 0.25) is 0 Å². The maximum absolute atomic E-state index is 11.8. The molecule has 1 aliphatic carbocycles. The van der Waals surface area contributed by atoms with Crippen LogP contribution in [0.4, 0.5) is 0 Å². The van der Waals surface area contributed by atoms with Crippen LogP contribution in [0.15, 0.2) is 0 Å². The van der Waals surface area contributed by atoms with Crippen molar-refractivity contribution < 1.29 is 9.90 Å². The number of nitrogens with zero attached hydrogens (tertiary/aromatic N) is 2. The zero-order chi connectivity index (χ0) is 12.8. The third-order valence-electron chi connectivity index (χ3n) is 3.31. The molecule has 1 aliphatic rings. The SMILES string of the molecule is CN(CC(=O)N(C)CCCN)CC1CC(O)C1. The van der Waals surface area contributed by atoms with E-state index in [-0.39, 0.29) is 12.0 Å². The first-order valence-electron chi connectivity index (χ1n) is 6.33. The maximum Gasteiger partial charge on any atom is 0.236 e. The Morgan fingerprint density at radius 1 is 1.41 bits per heavy atom. The second-order valence-electron chi connectivity index (χ2n) is 5.15. The maximum atomic E-state index is 11.8. The van der Waals surface area contributed by atoms with E-state index in [0.717, 1.165) is 32.4 Å². The molecule has 5 heteroatoms. The fraction of sp³-hybridized carbons (Fsp3) is 0.917. The van der Waals surface area contributed by atoms with Gasteiger partial charge in [-0.1, -0.05) is 0 Å². The van der Waals surface area contributed by atoms with E-state index in [9.17, 15) is 9.90 Å². The van der Waals surface area contributed by atoms with Gasteiger partial charge in [0.2, 0.25) is 5.91 Å². The third kappa shape index (κ3) is 5.02. The molecule has 0 bridgehead atoms. The third-order valence-corrected chi connectivity index (χ3v) is 3.31. The highest BCUT2D eigenvalue weighted by molar-refractivity contribution is 5.77. The molecule has 3 N–H and O–H groups in total. The normalized spacial score (nSPS) is 23.6. The van der Waals surface area contributed by atoms with Crippen LogP contribution in [0.5, 0.6) is 0 Å². The minimum absolute atomic E-state index is 0.115. The predicted molar refractivity (Wildman–Crippen MR) is 67.5 cm³/mol. The Balaban J connectivity index is 2.16. The standard InChI is InChI=1S/C12H25N3O2/c1-14(8-10-6-11(16)7-10)9-12(17)15(2)5-3-4-13/h10-11,16H,3-9,13H2,1-2H3. The van der Waals surface area contributed by atoms with Crippen LogP contribution in [0, 0.1) is 5.92 Å². The van der Waals surface area contributed by atoms with E-state index < -0.39 is 0 Å². The zero-order valence-electron chi connectivity index (χ0n) is 10.9. The smallest absolute Gasteiger partial charge is 0.236 e. The molecule has 0 aliphatic heterocycles. The molecular weight excluding hydrogens is 218 g/mol. The summed E-state index contributed by atoms with van der Waals surface area (Å²) in [6.45, 7) is 2.69. The van der Waals surface area contributed by atoms with Crippen molar-refractivity contribution in [3.8, 4) is 0 Å². The van der Waals surface area contributed by atoms with Crippen LogP contribution < -0.4 is 5.73 Å². The highest BCUT2D eigenvalue weighted by atomic mass is 16.3. The fourth-order valence-electron chi connectivity index (χ4n) is 2.16. The number of likely N-dealkylation sites (N-methyl/N-ethyl adjacent to an activating group) is 2. The number of hydrogen-bond acceptors (Lipinski definition) is 4. The molecule has 17 heavy (non-hydrogen) atoms. The van der Waals surface area contributed by atoms with Crippen molar-refractivity contribution in [1.82, 2.24) is 9.80 Å².